The zero-order chi connectivity index (χ0) is 14.0. The highest BCUT2D eigenvalue weighted by Crippen LogP contribution is 2.43. The summed E-state index contributed by atoms with van der Waals surface area (Å²) in [7, 11) is 1.64. The second kappa shape index (κ2) is 5.59. The minimum Gasteiger partial charge on any atom is -0.385 e. The van der Waals surface area contributed by atoms with E-state index in [2.05, 4.69) is 6.92 Å². The van der Waals surface area contributed by atoms with Crippen LogP contribution in [0.5, 0.6) is 0 Å². The minimum atomic E-state index is -0.764. The summed E-state index contributed by atoms with van der Waals surface area (Å²) in [4.78, 5) is 0. The Morgan fingerprint density at radius 1 is 1.32 bits per heavy atom. The van der Waals surface area contributed by atoms with Gasteiger partial charge < -0.3 is 9.84 Å². The van der Waals surface area contributed by atoms with Gasteiger partial charge in [0.25, 0.3) is 0 Å². The molecular weight excluding hydrogens is 243 g/mol. The van der Waals surface area contributed by atoms with Crippen LogP contribution in [-0.4, -0.2) is 17.8 Å². The van der Waals surface area contributed by atoms with Crippen molar-refractivity contribution in [1.29, 1.82) is 0 Å². The van der Waals surface area contributed by atoms with Gasteiger partial charge in [0, 0.05) is 7.11 Å². The molecule has 0 heterocycles. The topological polar surface area (TPSA) is 29.5 Å². The summed E-state index contributed by atoms with van der Waals surface area (Å²) in [5, 5.41) is 10.6. The molecule has 1 aliphatic rings. The van der Waals surface area contributed by atoms with Crippen LogP contribution in [0, 0.1) is 18.7 Å². The molecule has 1 aliphatic carbocycles. The Balaban J connectivity index is 2.27. The largest absolute Gasteiger partial charge is 0.385 e. The van der Waals surface area contributed by atoms with Gasteiger partial charge in [-0.05, 0) is 61.8 Å². The molecule has 2 nitrogen and oxygen atoms in total. The van der Waals surface area contributed by atoms with E-state index in [1.807, 2.05) is 13.0 Å². The van der Waals surface area contributed by atoms with Crippen LogP contribution in [0.25, 0.3) is 0 Å². The summed E-state index contributed by atoms with van der Waals surface area (Å²) in [5.74, 6) is 0.370. The molecule has 19 heavy (non-hydrogen) atoms. The molecule has 1 atom stereocenters. The third-order valence-corrected chi connectivity index (χ3v) is 4.41. The van der Waals surface area contributed by atoms with Crippen molar-refractivity contribution in [2.75, 3.05) is 7.11 Å². The van der Waals surface area contributed by atoms with E-state index in [1.54, 1.807) is 7.11 Å². The Hall–Kier alpha value is -0.930. The summed E-state index contributed by atoms with van der Waals surface area (Å²) in [6.45, 7) is 4.06. The van der Waals surface area contributed by atoms with Gasteiger partial charge in [0.2, 0.25) is 0 Å². The normalized spacial score (nSPS) is 29.2. The number of ether oxygens (including phenoxy) is 1. The van der Waals surface area contributed by atoms with E-state index in [1.165, 1.54) is 12.1 Å². The lowest BCUT2D eigenvalue weighted by molar-refractivity contribution is -0.130. The van der Waals surface area contributed by atoms with Crippen molar-refractivity contribution in [2.45, 2.75) is 51.2 Å². The van der Waals surface area contributed by atoms with E-state index in [0.29, 0.717) is 11.5 Å². The lowest BCUT2D eigenvalue weighted by Crippen LogP contribution is -2.42. The quantitative estimate of drug-likeness (QED) is 0.902. The minimum absolute atomic E-state index is 0.301. The number of hydrogen-bond donors (Lipinski definition) is 1. The number of benzene rings is 1. The maximum Gasteiger partial charge on any atom is 0.123 e. The van der Waals surface area contributed by atoms with Crippen LogP contribution in [0.4, 0.5) is 4.39 Å². The Morgan fingerprint density at radius 2 is 1.95 bits per heavy atom. The van der Waals surface area contributed by atoms with Crippen LogP contribution in [0.2, 0.25) is 0 Å². The zero-order valence-corrected chi connectivity index (χ0v) is 11.9. The molecule has 1 fully saturated rings. The van der Waals surface area contributed by atoms with E-state index in [0.717, 1.165) is 31.2 Å². The average molecular weight is 266 g/mol. The third-order valence-electron chi connectivity index (χ3n) is 4.41. The third kappa shape index (κ3) is 2.98. The number of aryl methyl sites for hydroxylation is 1. The summed E-state index contributed by atoms with van der Waals surface area (Å²) >= 11 is 0. The second-order valence-electron chi connectivity index (χ2n) is 5.92. The van der Waals surface area contributed by atoms with Crippen molar-refractivity contribution >= 4 is 0 Å². The molecule has 0 aliphatic heterocycles. The Morgan fingerprint density at radius 3 is 2.47 bits per heavy atom. The number of methoxy groups -OCH3 is 1. The van der Waals surface area contributed by atoms with Crippen LogP contribution in [0.3, 0.4) is 0 Å². The summed E-state index contributed by atoms with van der Waals surface area (Å²) in [6, 6.07) is 4.72. The Labute approximate surface area is 114 Å². The maximum absolute atomic E-state index is 13.5. The monoisotopic (exact) mass is 266 g/mol. The molecule has 0 aromatic heterocycles. The Kier molecular flexibility index (Phi) is 4.26. The first kappa shape index (κ1) is 14.5. The van der Waals surface area contributed by atoms with Gasteiger partial charge >= 0.3 is 0 Å². The fraction of sp³-hybridized carbons (Fsp3) is 0.625. The van der Waals surface area contributed by atoms with Gasteiger partial charge in [-0.3, -0.25) is 0 Å². The highest BCUT2D eigenvalue weighted by Gasteiger charge is 2.41. The number of aliphatic hydroxyl groups excluding tert-OH is 1. The van der Waals surface area contributed by atoms with Crippen molar-refractivity contribution in [3.63, 3.8) is 0 Å². The molecule has 0 spiro atoms. The van der Waals surface area contributed by atoms with Gasteiger partial charge in [-0.15, -0.1) is 0 Å². The maximum atomic E-state index is 13.5. The van der Waals surface area contributed by atoms with Gasteiger partial charge in [-0.1, -0.05) is 13.0 Å². The zero-order valence-electron chi connectivity index (χ0n) is 11.9. The molecule has 0 radical (unpaired) electrons. The lowest BCUT2D eigenvalue weighted by Gasteiger charge is -2.42. The fourth-order valence-electron chi connectivity index (χ4n) is 3.07. The van der Waals surface area contributed by atoms with Gasteiger partial charge in [-0.2, -0.15) is 0 Å². The predicted octanol–water partition coefficient (Wildman–Crippen LogP) is 3.76. The average Bonchev–Trinajstić information content (AvgIpc) is 2.38. The molecule has 3 heteroatoms. The molecule has 106 valence electrons. The fourth-order valence-corrected chi connectivity index (χ4v) is 3.07. The van der Waals surface area contributed by atoms with E-state index in [4.69, 9.17) is 4.74 Å². The van der Waals surface area contributed by atoms with E-state index in [-0.39, 0.29) is 5.82 Å². The van der Waals surface area contributed by atoms with Gasteiger partial charge in [-0.25, -0.2) is 4.39 Å². The van der Waals surface area contributed by atoms with Crippen LogP contribution in [-0.2, 0) is 4.74 Å². The molecule has 0 amide bonds. The molecule has 0 saturated heterocycles. The predicted molar refractivity (Wildman–Crippen MR) is 73.5 cm³/mol. The molecule has 2 rings (SSSR count). The first-order chi connectivity index (χ1) is 8.97. The first-order valence-electron chi connectivity index (χ1n) is 6.97. The van der Waals surface area contributed by atoms with Gasteiger partial charge in [0.15, 0.2) is 0 Å². The van der Waals surface area contributed by atoms with Crippen molar-refractivity contribution in [3.05, 3.63) is 35.1 Å². The molecule has 1 unspecified atom stereocenters. The second-order valence-corrected chi connectivity index (χ2v) is 5.92. The molecule has 1 aromatic carbocycles. The number of halogens is 1. The number of aliphatic hydroxyl groups is 1. The van der Waals surface area contributed by atoms with Crippen molar-refractivity contribution in [1.82, 2.24) is 0 Å². The standard InChI is InChI=1S/C16H23FO2/c1-11-4-6-16(19-3,7-5-11)15(18)13-8-12(2)9-14(17)10-13/h8-11,15,18H,4-7H2,1-3H3. The highest BCUT2D eigenvalue weighted by atomic mass is 19.1. The SMILES string of the molecule is COC1(C(O)c2cc(C)cc(F)c2)CCC(C)CC1. The van der Waals surface area contributed by atoms with Crippen LogP contribution >= 0.6 is 0 Å². The smallest absolute Gasteiger partial charge is 0.123 e. The van der Waals surface area contributed by atoms with Crippen LogP contribution in [0.1, 0.15) is 49.8 Å². The lowest BCUT2D eigenvalue weighted by atomic mass is 9.74. The van der Waals surface area contributed by atoms with Gasteiger partial charge in [0.1, 0.15) is 11.9 Å². The van der Waals surface area contributed by atoms with Crippen LogP contribution < -0.4 is 0 Å². The Bertz CT molecular complexity index is 416. The van der Waals surface area contributed by atoms with Crippen molar-refractivity contribution in [2.24, 2.45) is 5.92 Å². The summed E-state index contributed by atoms with van der Waals surface area (Å²) in [5.41, 5.74) is 0.880. The molecular formula is C16H23FO2. The molecule has 1 N–H and O–H groups in total. The number of hydrogen-bond acceptors (Lipinski definition) is 2. The first-order valence-corrected chi connectivity index (χ1v) is 6.97. The summed E-state index contributed by atoms with van der Waals surface area (Å²) in [6.07, 6.45) is 2.96. The molecule has 1 saturated carbocycles. The van der Waals surface area contributed by atoms with E-state index in [9.17, 15) is 9.50 Å². The molecule has 1 aromatic rings. The van der Waals surface area contributed by atoms with E-state index < -0.39 is 11.7 Å². The van der Waals surface area contributed by atoms with E-state index >= 15 is 0 Å². The van der Waals surface area contributed by atoms with Crippen molar-refractivity contribution < 1.29 is 14.2 Å². The highest BCUT2D eigenvalue weighted by molar-refractivity contribution is 5.27. The molecule has 0 bridgehead atoms. The van der Waals surface area contributed by atoms with Crippen LogP contribution in [0.15, 0.2) is 18.2 Å². The van der Waals surface area contributed by atoms with Crippen molar-refractivity contribution in [3.8, 4) is 0 Å². The summed E-state index contributed by atoms with van der Waals surface area (Å²) < 4.78 is 19.1. The number of rotatable bonds is 3. The van der Waals surface area contributed by atoms with Gasteiger partial charge in [0.05, 0.1) is 5.60 Å².